The van der Waals surface area contributed by atoms with Crippen molar-refractivity contribution in [1.82, 2.24) is 5.32 Å². The second kappa shape index (κ2) is 9.75. The summed E-state index contributed by atoms with van der Waals surface area (Å²) in [4.78, 5) is 0. The van der Waals surface area contributed by atoms with E-state index in [0.29, 0.717) is 6.42 Å². The van der Waals surface area contributed by atoms with E-state index in [1.54, 1.807) is 7.05 Å². The topological polar surface area (TPSA) is 12.0 Å². The fourth-order valence-corrected chi connectivity index (χ4v) is 1.98. The molecule has 0 spiro atoms. The SMILES string of the molecule is CCCCCCCCCC(CC(F)(F)F)NC. The molecule has 0 aliphatic rings. The first-order chi connectivity index (χ1) is 7.99. The standard InChI is InChI=1S/C13H26F3N/c1-3-4-5-6-7-8-9-10-12(17-2)11-13(14,15)16/h12,17H,3-11H2,1-2H3. The molecule has 0 saturated heterocycles. The summed E-state index contributed by atoms with van der Waals surface area (Å²) >= 11 is 0. The maximum absolute atomic E-state index is 12.2. The van der Waals surface area contributed by atoms with Crippen LogP contribution in [0.4, 0.5) is 13.2 Å². The van der Waals surface area contributed by atoms with E-state index in [9.17, 15) is 13.2 Å². The lowest BCUT2D eigenvalue weighted by atomic mass is 10.0. The molecule has 0 rings (SSSR count). The van der Waals surface area contributed by atoms with Gasteiger partial charge in [-0.3, -0.25) is 0 Å². The van der Waals surface area contributed by atoms with Crippen molar-refractivity contribution in [1.29, 1.82) is 0 Å². The molecule has 0 amide bonds. The van der Waals surface area contributed by atoms with Crippen LogP contribution >= 0.6 is 0 Å². The summed E-state index contributed by atoms with van der Waals surface area (Å²) in [5.41, 5.74) is 0. The van der Waals surface area contributed by atoms with E-state index in [1.165, 1.54) is 25.7 Å². The Morgan fingerprint density at radius 3 is 1.94 bits per heavy atom. The monoisotopic (exact) mass is 253 g/mol. The predicted molar refractivity (Wildman–Crippen MR) is 66.1 cm³/mol. The van der Waals surface area contributed by atoms with Gasteiger partial charge >= 0.3 is 6.18 Å². The molecule has 0 aliphatic heterocycles. The maximum atomic E-state index is 12.2. The van der Waals surface area contributed by atoms with Crippen LogP contribution in [0.15, 0.2) is 0 Å². The van der Waals surface area contributed by atoms with E-state index in [2.05, 4.69) is 12.2 Å². The summed E-state index contributed by atoms with van der Waals surface area (Å²) < 4.78 is 36.5. The highest BCUT2D eigenvalue weighted by Gasteiger charge is 2.30. The first-order valence-corrected chi connectivity index (χ1v) is 6.73. The Hall–Kier alpha value is -0.250. The smallest absolute Gasteiger partial charge is 0.317 e. The van der Waals surface area contributed by atoms with Crippen LogP contribution < -0.4 is 5.32 Å². The summed E-state index contributed by atoms with van der Waals surface area (Å²) in [5, 5.41) is 2.75. The van der Waals surface area contributed by atoms with Gasteiger partial charge in [0.15, 0.2) is 0 Å². The number of halogens is 3. The number of alkyl halides is 3. The molecule has 0 bridgehead atoms. The highest BCUT2D eigenvalue weighted by atomic mass is 19.4. The third-order valence-electron chi connectivity index (χ3n) is 3.04. The van der Waals surface area contributed by atoms with Crippen LogP contribution in [0.2, 0.25) is 0 Å². The lowest BCUT2D eigenvalue weighted by Gasteiger charge is -2.17. The van der Waals surface area contributed by atoms with E-state index in [4.69, 9.17) is 0 Å². The molecular weight excluding hydrogens is 227 g/mol. The lowest BCUT2D eigenvalue weighted by molar-refractivity contribution is -0.140. The van der Waals surface area contributed by atoms with Crippen LogP contribution in [0, 0.1) is 0 Å². The Balaban J connectivity index is 3.44. The van der Waals surface area contributed by atoms with Crippen molar-refractivity contribution in [2.24, 2.45) is 0 Å². The first kappa shape index (κ1) is 16.8. The minimum absolute atomic E-state index is 0.411. The van der Waals surface area contributed by atoms with Gasteiger partial charge in [0.05, 0.1) is 6.42 Å². The average molecular weight is 253 g/mol. The van der Waals surface area contributed by atoms with Gasteiger partial charge in [0.1, 0.15) is 0 Å². The third kappa shape index (κ3) is 12.0. The molecule has 0 aliphatic carbocycles. The van der Waals surface area contributed by atoms with Crippen molar-refractivity contribution in [3.05, 3.63) is 0 Å². The zero-order valence-corrected chi connectivity index (χ0v) is 11.1. The van der Waals surface area contributed by atoms with Crippen LogP contribution in [-0.4, -0.2) is 19.3 Å². The molecule has 1 unspecified atom stereocenters. The third-order valence-corrected chi connectivity index (χ3v) is 3.04. The van der Waals surface area contributed by atoms with Crippen molar-refractivity contribution in [3.8, 4) is 0 Å². The Bertz CT molecular complexity index is 169. The van der Waals surface area contributed by atoms with Crippen LogP contribution in [-0.2, 0) is 0 Å². The molecule has 1 nitrogen and oxygen atoms in total. The Morgan fingerprint density at radius 2 is 1.47 bits per heavy atom. The minimum Gasteiger partial charge on any atom is -0.317 e. The zero-order chi connectivity index (χ0) is 13.1. The molecule has 4 heteroatoms. The van der Waals surface area contributed by atoms with Gasteiger partial charge in [0.2, 0.25) is 0 Å². The molecule has 1 atom stereocenters. The molecule has 0 aromatic heterocycles. The van der Waals surface area contributed by atoms with Gasteiger partial charge in [-0.1, -0.05) is 51.9 Å². The molecule has 0 aromatic rings. The Morgan fingerprint density at radius 1 is 0.941 bits per heavy atom. The van der Waals surface area contributed by atoms with Crippen LogP contribution in [0.3, 0.4) is 0 Å². The molecule has 0 fully saturated rings. The molecule has 0 radical (unpaired) electrons. The van der Waals surface area contributed by atoms with Gasteiger partial charge in [-0.05, 0) is 13.5 Å². The van der Waals surface area contributed by atoms with E-state index in [0.717, 1.165) is 19.3 Å². The van der Waals surface area contributed by atoms with Crippen molar-refractivity contribution in [2.45, 2.75) is 76.9 Å². The second-order valence-electron chi connectivity index (χ2n) is 4.71. The number of rotatable bonds is 10. The van der Waals surface area contributed by atoms with Crippen molar-refractivity contribution in [2.75, 3.05) is 7.05 Å². The first-order valence-electron chi connectivity index (χ1n) is 6.73. The largest absolute Gasteiger partial charge is 0.390 e. The molecular formula is C13H26F3N. The van der Waals surface area contributed by atoms with Gasteiger partial charge in [-0.15, -0.1) is 0 Å². The predicted octanol–water partition coefficient (Wildman–Crippen LogP) is 4.67. The fourth-order valence-electron chi connectivity index (χ4n) is 1.98. The van der Waals surface area contributed by atoms with E-state index < -0.39 is 18.6 Å². The van der Waals surface area contributed by atoms with Crippen molar-refractivity contribution < 1.29 is 13.2 Å². The van der Waals surface area contributed by atoms with Gasteiger partial charge in [-0.25, -0.2) is 0 Å². The molecule has 0 heterocycles. The number of hydrogen-bond donors (Lipinski definition) is 1. The van der Waals surface area contributed by atoms with Crippen LogP contribution in [0.1, 0.15) is 64.7 Å². The molecule has 1 N–H and O–H groups in total. The van der Waals surface area contributed by atoms with Gasteiger partial charge in [-0.2, -0.15) is 13.2 Å². The summed E-state index contributed by atoms with van der Waals surface area (Å²) in [6.45, 7) is 2.18. The number of nitrogens with one attached hydrogen (secondary N) is 1. The number of hydrogen-bond acceptors (Lipinski definition) is 1. The highest BCUT2D eigenvalue weighted by Crippen LogP contribution is 2.23. The van der Waals surface area contributed by atoms with Gasteiger partial charge < -0.3 is 5.32 Å². The Labute approximate surface area is 103 Å². The quantitative estimate of drug-likeness (QED) is 0.558. The Kier molecular flexibility index (Phi) is 9.60. The number of unbranched alkanes of at least 4 members (excludes halogenated alkanes) is 6. The van der Waals surface area contributed by atoms with E-state index in [-0.39, 0.29) is 0 Å². The lowest BCUT2D eigenvalue weighted by Crippen LogP contribution is -2.30. The molecule has 104 valence electrons. The highest BCUT2D eigenvalue weighted by molar-refractivity contribution is 4.69. The van der Waals surface area contributed by atoms with E-state index >= 15 is 0 Å². The summed E-state index contributed by atoms with van der Waals surface area (Å²) in [6.07, 6.45) is 3.96. The molecule has 17 heavy (non-hydrogen) atoms. The van der Waals surface area contributed by atoms with Crippen LogP contribution in [0.25, 0.3) is 0 Å². The van der Waals surface area contributed by atoms with Gasteiger partial charge in [0.25, 0.3) is 0 Å². The zero-order valence-electron chi connectivity index (χ0n) is 11.1. The summed E-state index contributed by atoms with van der Waals surface area (Å²) in [7, 11) is 1.61. The molecule has 0 aromatic carbocycles. The normalized spacial score (nSPS) is 13.9. The fraction of sp³-hybridized carbons (Fsp3) is 1.00. The maximum Gasteiger partial charge on any atom is 0.390 e. The molecule has 0 saturated carbocycles. The second-order valence-corrected chi connectivity index (χ2v) is 4.71. The van der Waals surface area contributed by atoms with E-state index in [1.807, 2.05) is 0 Å². The average Bonchev–Trinajstić information content (AvgIpc) is 2.24. The van der Waals surface area contributed by atoms with Crippen molar-refractivity contribution in [3.63, 3.8) is 0 Å². The minimum atomic E-state index is -4.05. The van der Waals surface area contributed by atoms with Gasteiger partial charge in [0, 0.05) is 6.04 Å². The van der Waals surface area contributed by atoms with Crippen molar-refractivity contribution >= 4 is 0 Å². The summed E-state index contributed by atoms with van der Waals surface area (Å²) in [6, 6.07) is -0.411. The van der Waals surface area contributed by atoms with Crippen LogP contribution in [0.5, 0.6) is 0 Å². The summed E-state index contributed by atoms with van der Waals surface area (Å²) in [5.74, 6) is 0.